The fourth-order valence-corrected chi connectivity index (χ4v) is 4.60. The van der Waals surface area contributed by atoms with E-state index in [1.54, 1.807) is 18.2 Å². The highest BCUT2D eigenvalue weighted by molar-refractivity contribution is 6.10. The van der Waals surface area contributed by atoms with Crippen molar-refractivity contribution < 1.29 is 23.9 Å². The molecule has 1 aromatic rings. The lowest BCUT2D eigenvalue weighted by Crippen LogP contribution is -2.50. The number of nitrogens with zero attached hydrogens (tertiary/aromatic N) is 1. The quantitative estimate of drug-likeness (QED) is 0.740. The Morgan fingerprint density at radius 3 is 2.50 bits per heavy atom. The molecule has 0 radical (unpaired) electrons. The molecule has 30 heavy (non-hydrogen) atoms. The van der Waals surface area contributed by atoms with Gasteiger partial charge in [0.1, 0.15) is 25.3 Å². The Morgan fingerprint density at radius 2 is 1.83 bits per heavy atom. The molecule has 8 nitrogen and oxygen atoms in total. The van der Waals surface area contributed by atoms with Crippen LogP contribution in [0, 0.1) is 11.3 Å². The smallest absolute Gasteiger partial charge is 0.325 e. The van der Waals surface area contributed by atoms with Gasteiger partial charge < -0.3 is 20.1 Å². The van der Waals surface area contributed by atoms with Gasteiger partial charge in [-0.15, -0.1) is 0 Å². The van der Waals surface area contributed by atoms with Gasteiger partial charge in [0.2, 0.25) is 5.91 Å². The van der Waals surface area contributed by atoms with Gasteiger partial charge in [0.25, 0.3) is 5.91 Å². The summed E-state index contributed by atoms with van der Waals surface area (Å²) in [6.07, 6.45) is 2.99. The second-order valence-electron chi connectivity index (χ2n) is 9.45. The van der Waals surface area contributed by atoms with Crippen LogP contribution < -0.4 is 20.1 Å². The minimum Gasteiger partial charge on any atom is -0.486 e. The second-order valence-corrected chi connectivity index (χ2v) is 9.45. The third kappa shape index (κ3) is 3.82. The molecule has 1 aliphatic carbocycles. The minimum atomic E-state index is -0.865. The Kier molecular flexibility index (Phi) is 5.11. The topological polar surface area (TPSA) is 97.0 Å². The molecule has 4 rings (SSSR count). The summed E-state index contributed by atoms with van der Waals surface area (Å²) in [5.41, 5.74) is -0.163. The van der Waals surface area contributed by atoms with Crippen molar-refractivity contribution >= 4 is 23.5 Å². The molecule has 0 aromatic heterocycles. The SMILES string of the molecule is CC(C)(C)C1CCC2(CC1)NC(=O)N(CC(=O)Nc1ccc3c(c1)OCCO3)C2=O. The van der Waals surface area contributed by atoms with Crippen LogP contribution in [0.5, 0.6) is 11.5 Å². The van der Waals surface area contributed by atoms with Crippen LogP contribution in [0.15, 0.2) is 18.2 Å². The van der Waals surface area contributed by atoms with Gasteiger partial charge in [0.05, 0.1) is 0 Å². The number of ether oxygens (including phenoxy) is 2. The predicted octanol–water partition coefficient (Wildman–Crippen LogP) is 2.92. The van der Waals surface area contributed by atoms with Gasteiger partial charge in [-0.25, -0.2) is 4.79 Å². The molecule has 1 spiro atoms. The lowest BCUT2D eigenvalue weighted by Gasteiger charge is -2.40. The van der Waals surface area contributed by atoms with Crippen molar-refractivity contribution in [1.82, 2.24) is 10.2 Å². The molecule has 4 amide bonds. The number of urea groups is 1. The summed E-state index contributed by atoms with van der Waals surface area (Å²) < 4.78 is 11.0. The van der Waals surface area contributed by atoms with E-state index in [4.69, 9.17) is 9.47 Å². The first-order valence-electron chi connectivity index (χ1n) is 10.5. The zero-order valence-electron chi connectivity index (χ0n) is 17.7. The van der Waals surface area contributed by atoms with E-state index in [0.29, 0.717) is 49.2 Å². The van der Waals surface area contributed by atoms with Crippen LogP contribution in [-0.4, -0.2) is 48.0 Å². The number of benzene rings is 1. The first-order valence-corrected chi connectivity index (χ1v) is 10.5. The summed E-state index contributed by atoms with van der Waals surface area (Å²) >= 11 is 0. The van der Waals surface area contributed by atoms with Crippen molar-refractivity contribution in [2.24, 2.45) is 11.3 Å². The number of imide groups is 1. The van der Waals surface area contributed by atoms with Gasteiger partial charge in [-0.1, -0.05) is 20.8 Å². The number of nitrogens with one attached hydrogen (secondary N) is 2. The van der Waals surface area contributed by atoms with E-state index >= 15 is 0 Å². The second kappa shape index (κ2) is 7.49. The van der Waals surface area contributed by atoms with Crippen molar-refractivity contribution in [1.29, 1.82) is 0 Å². The Balaban J connectivity index is 1.38. The summed E-state index contributed by atoms with van der Waals surface area (Å²) in [5, 5.41) is 5.60. The van der Waals surface area contributed by atoms with Crippen LogP contribution in [0.3, 0.4) is 0 Å². The summed E-state index contributed by atoms with van der Waals surface area (Å²) in [4.78, 5) is 39.1. The van der Waals surface area contributed by atoms with Gasteiger partial charge >= 0.3 is 6.03 Å². The van der Waals surface area contributed by atoms with Crippen LogP contribution in [0.4, 0.5) is 10.5 Å². The number of hydrogen-bond acceptors (Lipinski definition) is 5. The van der Waals surface area contributed by atoms with E-state index in [-0.39, 0.29) is 17.9 Å². The number of fused-ring (bicyclic) bond motifs is 1. The number of hydrogen-bond donors (Lipinski definition) is 2. The Bertz CT molecular complexity index is 868. The third-order valence-electron chi connectivity index (χ3n) is 6.44. The van der Waals surface area contributed by atoms with E-state index < -0.39 is 17.5 Å². The zero-order valence-corrected chi connectivity index (χ0v) is 17.7. The van der Waals surface area contributed by atoms with Gasteiger partial charge in [-0.05, 0) is 49.1 Å². The van der Waals surface area contributed by atoms with Crippen LogP contribution in [0.25, 0.3) is 0 Å². The van der Waals surface area contributed by atoms with Gasteiger partial charge in [-0.3, -0.25) is 14.5 Å². The maximum atomic E-state index is 13.1. The van der Waals surface area contributed by atoms with Crippen molar-refractivity contribution in [3.8, 4) is 11.5 Å². The van der Waals surface area contributed by atoms with Crippen molar-refractivity contribution in [2.75, 3.05) is 25.1 Å². The molecule has 8 heteroatoms. The van der Waals surface area contributed by atoms with E-state index in [2.05, 4.69) is 31.4 Å². The summed E-state index contributed by atoms with van der Waals surface area (Å²) in [5.74, 6) is 0.970. The molecule has 1 saturated carbocycles. The average Bonchev–Trinajstić information content (AvgIpc) is 2.91. The fraction of sp³-hybridized carbons (Fsp3) is 0.591. The molecule has 0 atom stereocenters. The van der Waals surface area contributed by atoms with Gasteiger partial charge in [0.15, 0.2) is 11.5 Å². The lowest BCUT2D eigenvalue weighted by molar-refractivity contribution is -0.135. The van der Waals surface area contributed by atoms with Crippen molar-refractivity contribution in [3.05, 3.63) is 18.2 Å². The van der Waals surface area contributed by atoms with E-state index in [1.165, 1.54) is 0 Å². The zero-order chi connectivity index (χ0) is 21.5. The molecule has 2 N–H and O–H groups in total. The minimum absolute atomic E-state index is 0.177. The fourth-order valence-electron chi connectivity index (χ4n) is 4.60. The Morgan fingerprint density at radius 1 is 1.17 bits per heavy atom. The van der Waals surface area contributed by atoms with Gasteiger partial charge in [-0.2, -0.15) is 0 Å². The highest BCUT2D eigenvalue weighted by Crippen LogP contribution is 2.43. The van der Waals surface area contributed by atoms with Crippen LogP contribution >= 0.6 is 0 Å². The Labute approximate surface area is 176 Å². The molecule has 1 aromatic carbocycles. The largest absolute Gasteiger partial charge is 0.486 e. The number of amides is 4. The molecule has 162 valence electrons. The molecule has 0 bridgehead atoms. The standard InChI is InChI=1S/C22H29N3O5/c1-21(2,3)14-6-8-22(9-7-14)19(27)25(20(28)24-22)13-18(26)23-15-4-5-16-17(12-15)30-11-10-29-16/h4-5,12,14H,6-11,13H2,1-3H3,(H,23,26)(H,24,28). The normalized spacial score (nSPS) is 26.0. The maximum absolute atomic E-state index is 13.1. The first-order chi connectivity index (χ1) is 14.2. The first kappa shape index (κ1) is 20.5. The molecule has 1 saturated heterocycles. The van der Waals surface area contributed by atoms with Crippen molar-refractivity contribution in [2.45, 2.75) is 52.0 Å². The molecule has 2 fully saturated rings. The highest BCUT2D eigenvalue weighted by atomic mass is 16.6. The monoisotopic (exact) mass is 415 g/mol. The number of rotatable bonds is 3. The maximum Gasteiger partial charge on any atom is 0.325 e. The van der Waals surface area contributed by atoms with E-state index in [1.807, 2.05) is 0 Å². The molecule has 2 aliphatic heterocycles. The highest BCUT2D eigenvalue weighted by Gasteiger charge is 2.53. The van der Waals surface area contributed by atoms with Crippen LogP contribution in [0.2, 0.25) is 0 Å². The molecule has 3 aliphatic rings. The molecule has 2 heterocycles. The predicted molar refractivity (Wildman–Crippen MR) is 110 cm³/mol. The average molecular weight is 415 g/mol. The molecular weight excluding hydrogens is 386 g/mol. The summed E-state index contributed by atoms with van der Waals surface area (Å²) in [6.45, 7) is 7.25. The lowest BCUT2D eigenvalue weighted by atomic mass is 9.67. The summed E-state index contributed by atoms with van der Waals surface area (Å²) in [7, 11) is 0. The third-order valence-corrected chi connectivity index (χ3v) is 6.44. The van der Waals surface area contributed by atoms with E-state index in [9.17, 15) is 14.4 Å². The van der Waals surface area contributed by atoms with E-state index in [0.717, 1.165) is 17.7 Å². The number of carbonyl (C=O) groups excluding carboxylic acids is 3. The van der Waals surface area contributed by atoms with Crippen molar-refractivity contribution in [3.63, 3.8) is 0 Å². The number of carbonyl (C=O) groups is 3. The Hall–Kier alpha value is -2.77. The van der Waals surface area contributed by atoms with Crippen LogP contribution in [-0.2, 0) is 9.59 Å². The number of anilines is 1. The van der Waals surface area contributed by atoms with Crippen LogP contribution in [0.1, 0.15) is 46.5 Å². The molecule has 0 unspecified atom stereocenters. The van der Waals surface area contributed by atoms with Gasteiger partial charge in [0, 0.05) is 11.8 Å². The summed E-state index contributed by atoms with van der Waals surface area (Å²) in [6, 6.07) is 4.60. The molecular formula is C22H29N3O5.